The molecule has 2 heterocycles. The van der Waals surface area contributed by atoms with Gasteiger partial charge in [-0.05, 0) is 38.0 Å². The molecule has 0 aromatic heterocycles. The molecule has 3 nitrogen and oxygen atoms in total. The van der Waals surface area contributed by atoms with E-state index in [-0.39, 0.29) is 5.60 Å². The van der Waals surface area contributed by atoms with Crippen molar-refractivity contribution < 1.29 is 14.6 Å². The van der Waals surface area contributed by atoms with Gasteiger partial charge in [0.2, 0.25) is 0 Å². The Morgan fingerprint density at radius 2 is 2.12 bits per heavy atom. The minimum Gasteiger partial charge on any atom is -0.390 e. The third kappa shape index (κ3) is 2.51. The van der Waals surface area contributed by atoms with E-state index >= 15 is 0 Å². The lowest BCUT2D eigenvalue weighted by Crippen LogP contribution is -2.48. The summed E-state index contributed by atoms with van der Waals surface area (Å²) in [7, 11) is 0. The lowest BCUT2D eigenvalue weighted by molar-refractivity contribution is -0.141. The van der Waals surface area contributed by atoms with E-state index in [4.69, 9.17) is 9.47 Å². The summed E-state index contributed by atoms with van der Waals surface area (Å²) in [5.74, 6) is 1.17. The standard InChI is InChI=1S/C14H24O3/c1-13(15,8-11-2-3-11)12-4-6-17-14(9-12)5-7-16-10-14/h11-12,15H,2-10H2,1H3. The first kappa shape index (κ1) is 11.9. The maximum absolute atomic E-state index is 10.7. The molecule has 1 N–H and O–H groups in total. The Bertz CT molecular complexity index is 277. The first-order valence-electron chi connectivity index (χ1n) is 7.04. The van der Waals surface area contributed by atoms with Crippen LogP contribution in [0.15, 0.2) is 0 Å². The van der Waals surface area contributed by atoms with E-state index in [9.17, 15) is 5.11 Å². The molecule has 3 atom stereocenters. The zero-order chi connectivity index (χ0) is 11.9. The summed E-state index contributed by atoms with van der Waals surface area (Å²) in [6.45, 7) is 4.36. The van der Waals surface area contributed by atoms with Gasteiger partial charge in [-0.1, -0.05) is 12.8 Å². The summed E-state index contributed by atoms with van der Waals surface area (Å²) < 4.78 is 11.4. The Labute approximate surface area is 103 Å². The van der Waals surface area contributed by atoms with Crippen LogP contribution in [0, 0.1) is 11.8 Å². The average molecular weight is 240 g/mol. The summed E-state index contributed by atoms with van der Waals surface area (Å²) >= 11 is 0. The van der Waals surface area contributed by atoms with Crippen molar-refractivity contribution in [2.75, 3.05) is 19.8 Å². The summed E-state index contributed by atoms with van der Waals surface area (Å²) in [6, 6.07) is 0. The Morgan fingerprint density at radius 3 is 2.76 bits per heavy atom. The highest BCUT2D eigenvalue weighted by Crippen LogP contribution is 2.45. The molecule has 3 aliphatic rings. The maximum Gasteiger partial charge on any atom is 0.0940 e. The Hall–Kier alpha value is -0.120. The van der Waals surface area contributed by atoms with Crippen LogP contribution < -0.4 is 0 Å². The topological polar surface area (TPSA) is 38.7 Å². The Morgan fingerprint density at radius 1 is 1.29 bits per heavy atom. The smallest absolute Gasteiger partial charge is 0.0940 e. The minimum atomic E-state index is -0.499. The normalized spacial score (nSPS) is 41.6. The van der Waals surface area contributed by atoms with Crippen LogP contribution in [0.5, 0.6) is 0 Å². The average Bonchev–Trinajstić information content (AvgIpc) is 2.98. The SMILES string of the molecule is CC(O)(CC1CC1)C1CCOC2(CCOC2)C1. The molecule has 0 radical (unpaired) electrons. The van der Waals surface area contributed by atoms with Crippen LogP contribution in [-0.4, -0.2) is 36.1 Å². The van der Waals surface area contributed by atoms with Gasteiger partial charge in [0.25, 0.3) is 0 Å². The molecule has 0 bridgehead atoms. The highest BCUT2D eigenvalue weighted by Gasteiger charge is 2.47. The number of ether oxygens (including phenoxy) is 2. The van der Waals surface area contributed by atoms with Gasteiger partial charge in [0, 0.05) is 19.6 Å². The molecule has 0 aromatic rings. The largest absolute Gasteiger partial charge is 0.390 e. The number of hydrogen-bond donors (Lipinski definition) is 1. The molecular formula is C14H24O3. The molecule has 17 heavy (non-hydrogen) atoms. The van der Waals surface area contributed by atoms with Crippen molar-refractivity contribution in [1.29, 1.82) is 0 Å². The van der Waals surface area contributed by atoms with Gasteiger partial charge in [0.1, 0.15) is 0 Å². The second kappa shape index (κ2) is 4.22. The molecule has 3 heteroatoms. The first-order chi connectivity index (χ1) is 8.10. The zero-order valence-corrected chi connectivity index (χ0v) is 10.8. The Balaban J connectivity index is 1.65. The highest BCUT2D eigenvalue weighted by molar-refractivity contribution is 4.97. The monoisotopic (exact) mass is 240 g/mol. The fourth-order valence-corrected chi connectivity index (χ4v) is 3.49. The molecule has 0 aromatic carbocycles. The van der Waals surface area contributed by atoms with E-state index in [0.29, 0.717) is 5.92 Å². The van der Waals surface area contributed by atoms with Crippen molar-refractivity contribution in [3.05, 3.63) is 0 Å². The van der Waals surface area contributed by atoms with Crippen LogP contribution >= 0.6 is 0 Å². The van der Waals surface area contributed by atoms with Crippen molar-refractivity contribution >= 4 is 0 Å². The van der Waals surface area contributed by atoms with Crippen LogP contribution in [0.25, 0.3) is 0 Å². The molecule has 1 aliphatic carbocycles. The molecule has 1 saturated carbocycles. The van der Waals surface area contributed by atoms with E-state index in [2.05, 4.69) is 0 Å². The maximum atomic E-state index is 10.7. The predicted molar refractivity (Wildman–Crippen MR) is 64.8 cm³/mol. The van der Waals surface area contributed by atoms with Crippen molar-refractivity contribution in [2.24, 2.45) is 11.8 Å². The minimum absolute atomic E-state index is 0.0730. The van der Waals surface area contributed by atoms with Gasteiger partial charge in [0.05, 0.1) is 17.8 Å². The lowest BCUT2D eigenvalue weighted by atomic mass is 9.74. The van der Waals surface area contributed by atoms with Crippen LogP contribution in [0.2, 0.25) is 0 Å². The molecule has 0 amide bonds. The molecule has 3 unspecified atom stereocenters. The van der Waals surface area contributed by atoms with Crippen LogP contribution in [0.3, 0.4) is 0 Å². The van der Waals surface area contributed by atoms with E-state index in [1.165, 1.54) is 12.8 Å². The van der Waals surface area contributed by atoms with E-state index in [0.717, 1.165) is 51.4 Å². The van der Waals surface area contributed by atoms with Crippen molar-refractivity contribution in [3.8, 4) is 0 Å². The predicted octanol–water partition coefficient (Wildman–Crippen LogP) is 2.12. The second-order valence-electron chi connectivity index (χ2n) is 6.53. The molecule has 1 spiro atoms. The summed E-state index contributed by atoms with van der Waals surface area (Å²) in [5, 5.41) is 10.7. The van der Waals surface area contributed by atoms with Gasteiger partial charge in [-0.2, -0.15) is 0 Å². The van der Waals surface area contributed by atoms with Crippen molar-refractivity contribution in [1.82, 2.24) is 0 Å². The molecule has 3 rings (SSSR count). The van der Waals surface area contributed by atoms with Crippen LogP contribution in [0.1, 0.15) is 45.4 Å². The number of rotatable bonds is 3. The number of hydrogen-bond acceptors (Lipinski definition) is 3. The van der Waals surface area contributed by atoms with E-state index in [1.54, 1.807) is 0 Å². The van der Waals surface area contributed by atoms with Crippen molar-refractivity contribution in [2.45, 2.75) is 56.7 Å². The third-order valence-electron chi connectivity index (χ3n) is 4.84. The molecule has 2 saturated heterocycles. The molecule has 98 valence electrons. The van der Waals surface area contributed by atoms with Gasteiger partial charge < -0.3 is 14.6 Å². The van der Waals surface area contributed by atoms with E-state index < -0.39 is 5.60 Å². The van der Waals surface area contributed by atoms with Gasteiger partial charge in [-0.25, -0.2) is 0 Å². The quantitative estimate of drug-likeness (QED) is 0.821. The van der Waals surface area contributed by atoms with Gasteiger partial charge in [0.15, 0.2) is 0 Å². The van der Waals surface area contributed by atoms with Gasteiger partial charge >= 0.3 is 0 Å². The summed E-state index contributed by atoms with van der Waals surface area (Å²) in [4.78, 5) is 0. The summed E-state index contributed by atoms with van der Waals surface area (Å²) in [5.41, 5.74) is -0.572. The highest BCUT2D eigenvalue weighted by atomic mass is 16.6. The van der Waals surface area contributed by atoms with Crippen LogP contribution in [0.4, 0.5) is 0 Å². The van der Waals surface area contributed by atoms with Gasteiger partial charge in [-0.15, -0.1) is 0 Å². The van der Waals surface area contributed by atoms with Gasteiger partial charge in [-0.3, -0.25) is 0 Å². The third-order valence-corrected chi connectivity index (χ3v) is 4.84. The number of aliphatic hydroxyl groups is 1. The fourth-order valence-electron chi connectivity index (χ4n) is 3.49. The van der Waals surface area contributed by atoms with Crippen LogP contribution in [-0.2, 0) is 9.47 Å². The van der Waals surface area contributed by atoms with E-state index in [1.807, 2.05) is 6.92 Å². The fraction of sp³-hybridized carbons (Fsp3) is 1.00. The summed E-state index contributed by atoms with van der Waals surface area (Å²) in [6.07, 6.45) is 6.59. The second-order valence-corrected chi connectivity index (χ2v) is 6.53. The zero-order valence-electron chi connectivity index (χ0n) is 10.8. The lowest BCUT2D eigenvalue weighted by Gasteiger charge is -2.43. The first-order valence-corrected chi connectivity index (χ1v) is 7.04. The van der Waals surface area contributed by atoms with Crippen molar-refractivity contribution in [3.63, 3.8) is 0 Å². The molecule has 3 fully saturated rings. The molecule has 2 aliphatic heterocycles. The molecular weight excluding hydrogens is 216 g/mol. The Kier molecular flexibility index (Phi) is 2.96.